The van der Waals surface area contributed by atoms with Crippen molar-refractivity contribution in [1.82, 2.24) is 0 Å². The van der Waals surface area contributed by atoms with Gasteiger partial charge in [0.05, 0.1) is 12.7 Å². The summed E-state index contributed by atoms with van der Waals surface area (Å²) in [6.45, 7) is 6.37. The Kier molecular flexibility index (Phi) is 7.02. The van der Waals surface area contributed by atoms with E-state index in [-0.39, 0.29) is 0 Å². The third-order valence-electron chi connectivity index (χ3n) is 2.90. The molecule has 0 radical (unpaired) electrons. The summed E-state index contributed by atoms with van der Waals surface area (Å²) in [6, 6.07) is 13.5. The summed E-state index contributed by atoms with van der Waals surface area (Å²) in [5, 5.41) is 0. The van der Waals surface area contributed by atoms with Crippen molar-refractivity contribution in [3.63, 3.8) is 0 Å². The number of hydrogen-bond acceptors (Lipinski definition) is 3. The number of methoxy groups -OCH3 is 1. The van der Waals surface area contributed by atoms with Gasteiger partial charge < -0.3 is 9.47 Å². The summed E-state index contributed by atoms with van der Waals surface area (Å²) < 4.78 is 11.1. The monoisotopic (exact) mass is 286 g/mol. The van der Waals surface area contributed by atoms with Crippen LogP contribution in [0.15, 0.2) is 42.5 Å². The van der Waals surface area contributed by atoms with Gasteiger partial charge in [-0.25, -0.2) is 0 Å². The van der Waals surface area contributed by atoms with E-state index in [0.717, 1.165) is 17.4 Å². The lowest BCUT2D eigenvalue weighted by atomic mass is 10.1. The fourth-order valence-corrected chi connectivity index (χ4v) is 1.89. The first-order valence-electron chi connectivity index (χ1n) is 7.05. The van der Waals surface area contributed by atoms with Crippen molar-refractivity contribution in [2.75, 3.05) is 7.11 Å². The highest BCUT2D eigenvalue weighted by molar-refractivity contribution is 5.81. The number of rotatable bonds is 5. The number of carbonyl (C=O) groups excluding carboxylic acids is 1. The summed E-state index contributed by atoms with van der Waals surface area (Å²) in [4.78, 5) is 11.0. The fourth-order valence-electron chi connectivity index (χ4n) is 1.89. The molecule has 112 valence electrons. The summed E-state index contributed by atoms with van der Waals surface area (Å²) in [5.74, 6) is 1.11. The van der Waals surface area contributed by atoms with Crippen LogP contribution < -0.4 is 9.47 Å². The van der Waals surface area contributed by atoms with Gasteiger partial charge in [-0.1, -0.05) is 50.2 Å². The van der Waals surface area contributed by atoms with Crippen LogP contribution in [0.1, 0.15) is 35.3 Å². The Morgan fingerprint density at radius 2 is 1.67 bits per heavy atom. The summed E-state index contributed by atoms with van der Waals surface area (Å²) >= 11 is 0. The van der Waals surface area contributed by atoms with Crippen LogP contribution in [0.2, 0.25) is 0 Å². The molecule has 0 atom stereocenters. The largest absolute Gasteiger partial charge is 0.492 e. The molecule has 0 aliphatic carbocycles. The van der Waals surface area contributed by atoms with Gasteiger partial charge in [0, 0.05) is 0 Å². The Morgan fingerprint density at radius 1 is 1.00 bits per heavy atom. The molecule has 3 nitrogen and oxygen atoms in total. The van der Waals surface area contributed by atoms with Gasteiger partial charge in [0.1, 0.15) is 6.61 Å². The topological polar surface area (TPSA) is 35.5 Å². The van der Waals surface area contributed by atoms with Gasteiger partial charge in [-0.15, -0.1) is 0 Å². The molecule has 21 heavy (non-hydrogen) atoms. The molecular weight excluding hydrogens is 264 g/mol. The second-order valence-corrected chi connectivity index (χ2v) is 4.23. The molecule has 3 heteroatoms. The first kappa shape index (κ1) is 16.8. The average Bonchev–Trinajstić information content (AvgIpc) is 2.56. The van der Waals surface area contributed by atoms with Crippen molar-refractivity contribution in [2.45, 2.75) is 27.4 Å². The predicted octanol–water partition coefficient (Wildman–Crippen LogP) is 4.42. The summed E-state index contributed by atoms with van der Waals surface area (Å²) in [7, 11) is 1.54. The molecule has 0 aromatic heterocycles. The highest BCUT2D eigenvalue weighted by Gasteiger charge is 2.13. The molecule has 0 heterocycles. The molecule has 0 saturated carbocycles. The Hall–Kier alpha value is -2.29. The third kappa shape index (κ3) is 4.35. The molecule has 0 saturated heterocycles. The zero-order valence-electron chi connectivity index (χ0n) is 13.1. The van der Waals surface area contributed by atoms with Gasteiger partial charge in [0.15, 0.2) is 17.8 Å². The van der Waals surface area contributed by atoms with Crippen molar-refractivity contribution >= 4 is 6.29 Å². The van der Waals surface area contributed by atoms with Gasteiger partial charge in [0.25, 0.3) is 0 Å². The molecule has 0 aliphatic heterocycles. The Labute approximate surface area is 126 Å². The average molecular weight is 286 g/mol. The lowest BCUT2D eigenvalue weighted by molar-refractivity contribution is 0.111. The highest BCUT2D eigenvalue weighted by atomic mass is 16.5. The second-order valence-electron chi connectivity index (χ2n) is 4.23. The molecule has 0 fully saturated rings. The van der Waals surface area contributed by atoms with E-state index in [0.29, 0.717) is 23.7 Å². The minimum atomic E-state index is 0.445. The molecule has 0 amide bonds. The maximum Gasteiger partial charge on any atom is 0.171 e. The zero-order chi connectivity index (χ0) is 15.7. The Bertz CT molecular complexity index is 562. The molecule has 0 N–H and O–H groups in total. The molecule has 2 aromatic rings. The highest BCUT2D eigenvalue weighted by Crippen LogP contribution is 2.34. The van der Waals surface area contributed by atoms with Crippen LogP contribution in [0.25, 0.3) is 0 Å². The van der Waals surface area contributed by atoms with E-state index in [4.69, 9.17) is 9.47 Å². The number of ether oxygens (including phenoxy) is 2. The van der Waals surface area contributed by atoms with Crippen LogP contribution in [0, 0.1) is 6.92 Å². The summed E-state index contributed by atoms with van der Waals surface area (Å²) in [5.41, 5.74) is 2.51. The van der Waals surface area contributed by atoms with E-state index in [1.807, 2.05) is 57.2 Å². The van der Waals surface area contributed by atoms with E-state index in [2.05, 4.69) is 0 Å². The SMILES string of the molecule is CC.COc1c(C=O)ccc(C)c1OCc1ccccc1. The van der Waals surface area contributed by atoms with E-state index >= 15 is 0 Å². The van der Waals surface area contributed by atoms with Gasteiger partial charge in [0.2, 0.25) is 0 Å². The van der Waals surface area contributed by atoms with Crippen LogP contribution >= 0.6 is 0 Å². The first-order chi connectivity index (χ1) is 10.3. The van der Waals surface area contributed by atoms with Gasteiger partial charge >= 0.3 is 0 Å². The number of aryl methyl sites for hydroxylation is 1. The normalized spacial score (nSPS) is 9.33. The number of carbonyl (C=O) groups is 1. The maximum atomic E-state index is 11.0. The van der Waals surface area contributed by atoms with E-state index < -0.39 is 0 Å². The van der Waals surface area contributed by atoms with Crippen LogP contribution in [-0.4, -0.2) is 13.4 Å². The van der Waals surface area contributed by atoms with Gasteiger partial charge in [-0.3, -0.25) is 4.79 Å². The van der Waals surface area contributed by atoms with Gasteiger partial charge in [-0.2, -0.15) is 0 Å². The number of aldehydes is 1. The fraction of sp³-hybridized carbons (Fsp3) is 0.278. The third-order valence-corrected chi connectivity index (χ3v) is 2.90. The van der Waals surface area contributed by atoms with Crippen LogP contribution in [0.4, 0.5) is 0 Å². The molecule has 0 bridgehead atoms. The molecular formula is C18H22O3. The van der Waals surface area contributed by atoms with Crippen molar-refractivity contribution in [1.29, 1.82) is 0 Å². The number of benzene rings is 2. The van der Waals surface area contributed by atoms with Crippen molar-refractivity contribution in [3.05, 3.63) is 59.2 Å². The first-order valence-corrected chi connectivity index (χ1v) is 7.05. The number of hydrogen-bond donors (Lipinski definition) is 0. The van der Waals surface area contributed by atoms with E-state index in [1.54, 1.807) is 6.07 Å². The molecule has 2 rings (SSSR count). The lowest BCUT2D eigenvalue weighted by Gasteiger charge is -2.14. The second kappa shape index (κ2) is 8.80. The summed E-state index contributed by atoms with van der Waals surface area (Å²) in [6.07, 6.45) is 0.771. The van der Waals surface area contributed by atoms with Gasteiger partial charge in [-0.05, 0) is 24.1 Å². The van der Waals surface area contributed by atoms with Crippen molar-refractivity contribution < 1.29 is 14.3 Å². The van der Waals surface area contributed by atoms with Crippen molar-refractivity contribution in [2.24, 2.45) is 0 Å². The molecule has 0 aliphatic rings. The standard InChI is InChI=1S/C16H16O3.C2H6/c1-12-8-9-14(10-17)16(18-2)15(12)19-11-13-6-4-3-5-7-13;1-2/h3-10H,11H2,1-2H3;1-2H3. The van der Waals surface area contributed by atoms with Crippen LogP contribution in [0.3, 0.4) is 0 Å². The lowest BCUT2D eigenvalue weighted by Crippen LogP contribution is -2.01. The maximum absolute atomic E-state index is 11.0. The van der Waals surface area contributed by atoms with E-state index in [1.165, 1.54) is 7.11 Å². The smallest absolute Gasteiger partial charge is 0.171 e. The predicted molar refractivity (Wildman–Crippen MR) is 85.2 cm³/mol. The molecule has 0 spiro atoms. The molecule has 2 aromatic carbocycles. The molecule has 0 unspecified atom stereocenters. The zero-order valence-corrected chi connectivity index (χ0v) is 13.1. The Morgan fingerprint density at radius 3 is 2.24 bits per heavy atom. The van der Waals surface area contributed by atoms with E-state index in [9.17, 15) is 4.79 Å². The van der Waals surface area contributed by atoms with Crippen LogP contribution in [-0.2, 0) is 6.61 Å². The Balaban J connectivity index is 0.00000106. The minimum Gasteiger partial charge on any atom is -0.492 e. The quantitative estimate of drug-likeness (QED) is 0.763. The van der Waals surface area contributed by atoms with Crippen molar-refractivity contribution in [3.8, 4) is 11.5 Å². The minimum absolute atomic E-state index is 0.445. The van der Waals surface area contributed by atoms with Crippen LogP contribution in [0.5, 0.6) is 11.5 Å².